The molecule has 15 N–H and O–H groups in total. The first-order valence-electron chi connectivity index (χ1n) is 21.3. The van der Waals surface area contributed by atoms with Crippen molar-refractivity contribution in [3.8, 4) is 5.75 Å². The molecule has 2 rings (SSSR count). The number of phenolic OH excluding ortho intramolecular Hbond substituents is 1. The highest BCUT2D eigenvalue weighted by Gasteiger charge is 2.36. The van der Waals surface area contributed by atoms with Gasteiger partial charge in [0.05, 0.1) is 19.5 Å². The summed E-state index contributed by atoms with van der Waals surface area (Å²) in [7, 11) is 1.16. The van der Waals surface area contributed by atoms with Gasteiger partial charge < -0.3 is 69.7 Å². The van der Waals surface area contributed by atoms with Crippen molar-refractivity contribution < 1.29 is 62.6 Å². The van der Waals surface area contributed by atoms with Crippen LogP contribution in [0.5, 0.6) is 5.75 Å². The third-order valence-corrected chi connectivity index (χ3v) is 10.3. The molecular formula is C41H62N12O13. The first kappa shape index (κ1) is 54.8. The standard InChI is InChI=1S/C41H62N12O13/c1-5-7-24(36(61)46-19-31(44)57)47-34(60)20-53(4)41(66)28-18-45-32(58)14-15-33(59)48-26(16-22-8-10-23(54)11-9-22)39(64)52-35(21(3)6-2)40(65)49-25(12-13-29(42)55)37(62)50-27(17-30(43)56)38(63)51-28/h8-11,21,24-28,35,54H,5-7,12-20H2,1-4H3,(H2,42,55)(H2,43,56)(H2,44,57)(H,45,58)(H,46,61)(H,47,60)(H,48,59)(H,49,65)(H,50,62)(H,51,63)(H,52,64)/t21-,24-,25-,26-,27-,28-,35-/m0/s1. The van der Waals surface area contributed by atoms with E-state index < -0.39 is 165 Å². The Balaban J connectivity index is 2.58. The fourth-order valence-electron chi connectivity index (χ4n) is 6.46. The highest BCUT2D eigenvalue weighted by atomic mass is 16.3. The van der Waals surface area contributed by atoms with Crippen LogP contribution in [-0.4, -0.2) is 144 Å². The van der Waals surface area contributed by atoms with E-state index in [1.807, 2.05) is 0 Å². The van der Waals surface area contributed by atoms with Gasteiger partial charge in [-0.1, -0.05) is 45.7 Å². The van der Waals surface area contributed by atoms with Crippen LogP contribution >= 0.6 is 0 Å². The van der Waals surface area contributed by atoms with Crippen molar-refractivity contribution in [2.45, 2.75) is 115 Å². The maximum Gasteiger partial charge on any atom is 0.247 e. The van der Waals surface area contributed by atoms with Crippen molar-refractivity contribution in [3.05, 3.63) is 29.8 Å². The molecule has 7 atom stereocenters. The van der Waals surface area contributed by atoms with Crippen LogP contribution in [0.15, 0.2) is 24.3 Å². The molecule has 1 heterocycles. The Morgan fingerprint density at radius 3 is 1.97 bits per heavy atom. The van der Waals surface area contributed by atoms with Crippen LogP contribution in [0.3, 0.4) is 0 Å². The molecule has 1 saturated heterocycles. The van der Waals surface area contributed by atoms with Crippen molar-refractivity contribution in [1.82, 2.24) is 47.4 Å². The predicted octanol–water partition coefficient (Wildman–Crippen LogP) is -5.20. The molecule has 25 heteroatoms. The highest BCUT2D eigenvalue weighted by molar-refractivity contribution is 5.99. The van der Waals surface area contributed by atoms with Crippen LogP contribution in [0.1, 0.15) is 77.7 Å². The van der Waals surface area contributed by atoms with E-state index in [0.717, 1.165) is 11.9 Å². The molecule has 0 unspecified atom stereocenters. The topological polar surface area (TPSA) is 403 Å². The number of primary amides is 3. The summed E-state index contributed by atoms with van der Waals surface area (Å²) < 4.78 is 0. The summed E-state index contributed by atoms with van der Waals surface area (Å²) in [5.41, 5.74) is 16.4. The predicted molar refractivity (Wildman–Crippen MR) is 232 cm³/mol. The quantitative estimate of drug-likeness (QED) is 0.0656. The second-order valence-corrected chi connectivity index (χ2v) is 15.8. The number of nitrogens with zero attached hydrogens (tertiary/aromatic N) is 1. The smallest absolute Gasteiger partial charge is 0.247 e. The summed E-state index contributed by atoms with van der Waals surface area (Å²) in [6.45, 7) is 3.19. The average Bonchev–Trinajstić information content (AvgIpc) is 3.25. The van der Waals surface area contributed by atoms with Gasteiger partial charge in [0, 0.05) is 39.3 Å². The molecule has 1 aromatic carbocycles. The van der Waals surface area contributed by atoms with Gasteiger partial charge in [0.2, 0.25) is 70.9 Å². The summed E-state index contributed by atoms with van der Waals surface area (Å²) in [4.78, 5) is 158. The van der Waals surface area contributed by atoms with Crippen LogP contribution in [-0.2, 0) is 64.0 Å². The van der Waals surface area contributed by atoms with Crippen molar-refractivity contribution in [3.63, 3.8) is 0 Å². The Hall–Kier alpha value is -7.34. The number of rotatable bonds is 18. The second-order valence-electron chi connectivity index (χ2n) is 15.8. The number of nitrogens with two attached hydrogens (primary N) is 3. The zero-order valence-corrected chi connectivity index (χ0v) is 37.4. The van der Waals surface area contributed by atoms with Crippen LogP contribution in [0, 0.1) is 5.92 Å². The molecule has 0 saturated carbocycles. The largest absolute Gasteiger partial charge is 0.508 e. The van der Waals surface area contributed by atoms with E-state index in [9.17, 15) is 62.6 Å². The molecule has 0 spiro atoms. The van der Waals surface area contributed by atoms with E-state index in [1.165, 1.54) is 24.3 Å². The van der Waals surface area contributed by atoms with Crippen LogP contribution < -0.4 is 59.7 Å². The van der Waals surface area contributed by atoms with E-state index in [-0.39, 0.29) is 18.6 Å². The molecule has 1 aliphatic heterocycles. The van der Waals surface area contributed by atoms with Gasteiger partial charge in [-0.05, 0) is 36.5 Å². The lowest BCUT2D eigenvalue weighted by Crippen LogP contribution is -2.61. The average molecular weight is 931 g/mol. The van der Waals surface area contributed by atoms with Crippen molar-refractivity contribution in [1.29, 1.82) is 0 Å². The third kappa shape index (κ3) is 19.2. The molecule has 25 nitrogen and oxygen atoms in total. The van der Waals surface area contributed by atoms with Crippen molar-refractivity contribution >= 4 is 70.9 Å². The molecule has 66 heavy (non-hydrogen) atoms. The Morgan fingerprint density at radius 1 is 0.773 bits per heavy atom. The fraction of sp³-hybridized carbons (Fsp3) is 0.561. The highest BCUT2D eigenvalue weighted by Crippen LogP contribution is 2.14. The molecule has 0 aliphatic carbocycles. The SMILES string of the molecule is CCC[C@H](NC(=O)CN(C)C(=O)[C@@H]1CNC(=O)CCC(=O)N[C@@H](Cc2ccc(O)cc2)C(=O)N[C@@H]([C@@H](C)CC)C(=O)N[C@@H](CCC(N)=O)C(=O)N[C@@H](CC(N)=O)C(=O)N1)C(=O)NCC(N)=O. The van der Waals surface area contributed by atoms with Crippen molar-refractivity contribution in [2.24, 2.45) is 23.1 Å². The number of carbonyl (C=O) groups is 12. The molecular weight excluding hydrogens is 869 g/mol. The number of carbonyl (C=O) groups excluding carboxylic acids is 12. The summed E-state index contributed by atoms with van der Waals surface area (Å²) in [5.74, 6) is -11.7. The molecule has 1 aliphatic rings. The Kier molecular flexibility index (Phi) is 22.5. The van der Waals surface area contributed by atoms with E-state index in [4.69, 9.17) is 17.2 Å². The van der Waals surface area contributed by atoms with Gasteiger partial charge in [-0.2, -0.15) is 0 Å². The molecule has 0 aromatic heterocycles. The molecule has 364 valence electrons. The van der Waals surface area contributed by atoms with Crippen LogP contribution in [0.4, 0.5) is 0 Å². The van der Waals surface area contributed by atoms with E-state index in [0.29, 0.717) is 18.4 Å². The number of nitrogens with one attached hydrogen (secondary N) is 8. The maximum atomic E-state index is 14.0. The fourth-order valence-corrected chi connectivity index (χ4v) is 6.46. The van der Waals surface area contributed by atoms with E-state index in [2.05, 4.69) is 42.5 Å². The zero-order valence-electron chi connectivity index (χ0n) is 37.4. The van der Waals surface area contributed by atoms with Crippen molar-refractivity contribution in [2.75, 3.05) is 26.7 Å². The van der Waals surface area contributed by atoms with Gasteiger partial charge in [-0.25, -0.2) is 0 Å². The first-order valence-corrected chi connectivity index (χ1v) is 21.3. The first-order chi connectivity index (χ1) is 31.0. The van der Waals surface area contributed by atoms with Gasteiger partial charge in [0.15, 0.2) is 0 Å². The molecule has 0 radical (unpaired) electrons. The number of likely N-dealkylation sites (N-methyl/N-ethyl adjacent to an activating group) is 1. The summed E-state index contributed by atoms with van der Waals surface area (Å²) >= 11 is 0. The molecule has 12 amide bonds. The number of benzene rings is 1. The lowest BCUT2D eigenvalue weighted by Gasteiger charge is -2.29. The number of hydrogen-bond donors (Lipinski definition) is 12. The van der Waals surface area contributed by atoms with Gasteiger partial charge in [0.25, 0.3) is 0 Å². The van der Waals surface area contributed by atoms with E-state index >= 15 is 0 Å². The number of hydrogen-bond acceptors (Lipinski definition) is 13. The monoisotopic (exact) mass is 930 g/mol. The van der Waals surface area contributed by atoms with Gasteiger partial charge in [-0.15, -0.1) is 0 Å². The number of phenols is 1. The normalized spacial score (nSPS) is 21.1. The molecule has 1 fully saturated rings. The Morgan fingerprint density at radius 2 is 1.38 bits per heavy atom. The van der Waals surface area contributed by atoms with Gasteiger partial charge >= 0.3 is 0 Å². The number of aromatic hydroxyl groups is 1. The Labute approximate surface area is 380 Å². The maximum absolute atomic E-state index is 14.0. The van der Waals surface area contributed by atoms with Gasteiger partial charge in [0.1, 0.15) is 42.0 Å². The minimum atomic E-state index is -1.84. The summed E-state index contributed by atoms with van der Waals surface area (Å²) in [6, 6.07) is -3.28. The molecule has 0 bridgehead atoms. The van der Waals surface area contributed by atoms with Crippen LogP contribution in [0.2, 0.25) is 0 Å². The minimum Gasteiger partial charge on any atom is -0.508 e. The van der Waals surface area contributed by atoms with Crippen LogP contribution in [0.25, 0.3) is 0 Å². The lowest BCUT2D eigenvalue weighted by molar-refractivity contribution is -0.140. The minimum absolute atomic E-state index is 0.0688. The summed E-state index contributed by atoms with van der Waals surface area (Å²) in [6.07, 6.45) is -2.00. The Bertz CT molecular complexity index is 1960. The van der Waals surface area contributed by atoms with Gasteiger partial charge in [-0.3, -0.25) is 57.5 Å². The van der Waals surface area contributed by atoms with E-state index in [1.54, 1.807) is 20.8 Å². The molecule has 1 aromatic rings. The zero-order chi connectivity index (χ0) is 49.7. The summed E-state index contributed by atoms with van der Waals surface area (Å²) in [5, 5.41) is 29.2. The third-order valence-electron chi connectivity index (χ3n) is 10.3. The second kappa shape index (κ2) is 27.1. The lowest BCUT2D eigenvalue weighted by atomic mass is 9.96. The number of amides is 12.